The molecule has 2 heterocycles. The van der Waals surface area contributed by atoms with Crippen LogP contribution in [0.2, 0.25) is 0 Å². The van der Waals surface area contributed by atoms with Crippen LogP contribution in [0.5, 0.6) is 11.5 Å². The number of anilines is 2. The van der Waals surface area contributed by atoms with Gasteiger partial charge in [-0.05, 0) is 48.9 Å². The zero-order valence-corrected chi connectivity index (χ0v) is 19.4. The molecule has 2 amide bonds. The lowest BCUT2D eigenvalue weighted by molar-refractivity contribution is 0.0766. The van der Waals surface area contributed by atoms with Gasteiger partial charge in [-0.1, -0.05) is 18.2 Å². The molecule has 0 bridgehead atoms. The van der Waals surface area contributed by atoms with Gasteiger partial charge in [-0.3, -0.25) is 9.59 Å². The normalized spacial score (nSPS) is 13.7. The van der Waals surface area contributed by atoms with E-state index in [1.807, 2.05) is 35.2 Å². The summed E-state index contributed by atoms with van der Waals surface area (Å²) < 4.78 is 10.6. The van der Waals surface area contributed by atoms with E-state index >= 15 is 0 Å². The molecule has 3 aromatic rings. The van der Waals surface area contributed by atoms with Crippen molar-refractivity contribution in [2.75, 3.05) is 50.6 Å². The van der Waals surface area contributed by atoms with Crippen molar-refractivity contribution < 1.29 is 19.1 Å². The van der Waals surface area contributed by atoms with Gasteiger partial charge in [0.15, 0.2) is 11.5 Å². The van der Waals surface area contributed by atoms with Gasteiger partial charge in [-0.15, -0.1) is 0 Å². The number of rotatable bonds is 6. The molecule has 34 heavy (non-hydrogen) atoms. The van der Waals surface area contributed by atoms with Crippen molar-refractivity contribution in [3.63, 3.8) is 0 Å². The Hall–Kier alpha value is -4.07. The minimum Gasteiger partial charge on any atom is -0.493 e. The summed E-state index contributed by atoms with van der Waals surface area (Å²) in [5.41, 5.74) is 1.80. The lowest BCUT2D eigenvalue weighted by atomic mass is 10.1. The maximum Gasteiger partial charge on any atom is 0.255 e. The number of amides is 2. The van der Waals surface area contributed by atoms with Crippen LogP contribution in [0.4, 0.5) is 11.5 Å². The summed E-state index contributed by atoms with van der Waals surface area (Å²) in [5, 5.41) is 2.87. The first-order chi connectivity index (χ1) is 16.6. The first-order valence-electron chi connectivity index (χ1n) is 11.2. The zero-order valence-electron chi connectivity index (χ0n) is 19.4. The van der Waals surface area contributed by atoms with Crippen molar-refractivity contribution in [1.82, 2.24) is 9.88 Å². The molecule has 2 aromatic carbocycles. The molecule has 8 nitrogen and oxygen atoms in total. The van der Waals surface area contributed by atoms with Gasteiger partial charge in [0, 0.05) is 37.3 Å². The van der Waals surface area contributed by atoms with Gasteiger partial charge in [-0.25, -0.2) is 4.98 Å². The Balaban J connectivity index is 1.37. The molecule has 0 aliphatic carbocycles. The van der Waals surface area contributed by atoms with E-state index in [0.29, 0.717) is 47.9 Å². The average molecular weight is 461 g/mol. The molecule has 1 fully saturated rings. The van der Waals surface area contributed by atoms with E-state index in [1.165, 1.54) is 0 Å². The SMILES string of the molecule is COc1ccc(C(=O)N2CCCN(c3ccc(NC(=O)c4ccccc4)cn3)CC2)cc1OC. The van der Waals surface area contributed by atoms with E-state index < -0.39 is 0 Å². The second-order valence-electron chi connectivity index (χ2n) is 7.93. The fraction of sp³-hybridized carbons (Fsp3) is 0.269. The predicted octanol–water partition coefficient (Wildman–Crippen LogP) is 3.70. The maximum atomic E-state index is 13.1. The fourth-order valence-corrected chi connectivity index (χ4v) is 3.94. The molecule has 1 aliphatic rings. The lowest BCUT2D eigenvalue weighted by Gasteiger charge is -2.23. The molecule has 1 aliphatic heterocycles. The van der Waals surface area contributed by atoms with E-state index in [4.69, 9.17) is 9.47 Å². The van der Waals surface area contributed by atoms with Gasteiger partial charge in [0.05, 0.1) is 26.1 Å². The molecule has 0 atom stereocenters. The highest BCUT2D eigenvalue weighted by atomic mass is 16.5. The van der Waals surface area contributed by atoms with Gasteiger partial charge < -0.3 is 24.6 Å². The number of methoxy groups -OCH3 is 2. The van der Waals surface area contributed by atoms with E-state index in [9.17, 15) is 9.59 Å². The lowest BCUT2D eigenvalue weighted by Crippen LogP contribution is -2.35. The maximum absolute atomic E-state index is 13.1. The van der Waals surface area contributed by atoms with Crippen LogP contribution in [0, 0.1) is 0 Å². The molecular weight excluding hydrogens is 432 g/mol. The highest BCUT2D eigenvalue weighted by molar-refractivity contribution is 6.04. The summed E-state index contributed by atoms with van der Waals surface area (Å²) in [6.07, 6.45) is 2.49. The minimum absolute atomic E-state index is 0.0327. The highest BCUT2D eigenvalue weighted by Gasteiger charge is 2.22. The summed E-state index contributed by atoms with van der Waals surface area (Å²) in [7, 11) is 3.13. The Morgan fingerprint density at radius 1 is 0.853 bits per heavy atom. The van der Waals surface area contributed by atoms with E-state index in [0.717, 1.165) is 18.8 Å². The van der Waals surface area contributed by atoms with E-state index in [1.54, 1.807) is 50.7 Å². The molecule has 4 rings (SSSR count). The Kier molecular flexibility index (Phi) is 7.27. The Bertz CT molecular complexity index is 1140. The van der Waals surface area contributed by atoms with Crippen LogP contribution in [0.3, 0.4) is 0 Å². The molecule has 0 unspecified atom stereocenters. The summed E-state index contributed by atoms with van der Waals surface area (Å²) in [6.45, 7) is 2.70. The first kappa shape index (κ1) is 23.1. The average Bonchev–Trinajstić information content (AvgIpc) is 3.15. The van der Waals surface area contributed by atoms with Gasteiger partial charge in [0.25, 0.3) is 11.8 Å². The predicted molar refractivity (Wildman–Crippen MR) is 131 cm³/mol. The van der Waals surface area contributed by atoms with Crippen molar-refractivity contribution in [1.29, 1.82) is 0 Å². The highest BCUT2D eigenvalue weighted by Crippen LogP contribution is 2.28. The van der Waals surface area contributed by atoms with Gasteiger partial charge >= 0.3 is 0 Å². The van der Waals surface area contributed by atoms with Crippen LogP contribution in [-0.2, 0) is 0 Å². The summed E-state index contributed by atoms with van der Waals surface area (Å²) in [5.74, 6) is 1.74. The smallest absolute Gasteiger partial charge is 0.255 e. The minimum atomic E-state index is -0.172. The van der Waals surface area contributed by atoms with Crippen molar-refractivity contribution in [3.8, 4) is 11.5 Å². The number of pyridine rings is 1. The second kappa shape index (κ2) is 10.7. The molecule has 1 saturated heterocycles. The quantitative estimate of drug-likeness (QED) is 0.604. The largest absolute Gasteiger partial charge is 0.493 e. The molecule has 0 spiro atoms. The van der Waals surface area contributed by atoms with Crippen molar-refractivity contribution in [3.05, 3.63) is 78.0 Å². The van der Waals surface area contributed by atoms with E-state index in [-0.39, 0.29) is 11.8 Å². The summed E-state index contributed by atoms with van der Waals surface area (Å²) in [4.78, 5) is 34.0. The molecule has 1 N–H and O–H groups in total. The van der Waals surface area contributed by atoms with Crippen molar-refractivity contribution >= 4 is 23.3 Å². The first-order valence-corrected chi connectivity index (χ1v) is 11.2. The number of carbonyl (C=O) groups is 2. The third-order valence-electron chi connectivity index (χ3n) is 5.78. The second-order valence-corrected chi connectivity index (χ2v) is 7.93. The Morgan fingerprint density at radius 2 is 1.65 bits per heavy atom. The van der Waals surface area contributed by atoms with Crippen LogP contribution >= 0.6 is 0 Å². The molecule has 0 saturated carbocycles. The number of carbonyl (C=O) groups excluding carboxylic acids is 2. The number of ether oxygens (including phenoxy) is 2. The number of hydrogen-bond donors (Lipinski definition) is 1. The number of aromatic nitrogens is 1. The monoisotopic (exact) mass is 460 g/mol. The van der Waals surface area contributed by atoms with Crippen LogP contribution in [-0.4, -0.2) is 62.1 Å². The van der Waals surface area contributed by atoms with Gasteiger partial charge in [0.1, 0.15) is 5.82 Å². The Morgan fingerprint density at radius 3 is 2.35 bits per heavy atom. The molecule has 176 valence electrons. The summed E-state index contributed by atoms with van der Waals surface area (Å²) in [6, 6.07) is 18.0. The van der Waals surface area contributed by atoms with E-state index in [2.05, 4.69) is 15.2 Å². The summed E-state index contributed by atoms with van der Waals surface area (Å²) >= 11 is 0. The third-order valence-corrected chi connectivity index (χ3v) is 5.78. The van der Waals surface area contributed by atoms with Gasteiger partial charge in [-0.2, -0.15) is 0 Å². The van der Waals surface area contributed by atoms with Crippen LogP contribution in [0.15, 0.2) is 66.9 Å². The number of nitrogens with zero attached hydrogens (tertiary/aromatic N) is 3. The fourth-order valence-electron chi connectivity index (χ4n) is 3.94. The number of hydrogen-bond acceptors (Lipinski definition) is 6. The molecule has 0 radical (unpaired) electrons. The topological polar surface area (TPSA) is 84.0 Å². The molecule has 8 heteroatoms. The molecular formula is C26H28N4O4. The standard InChI is InChI=1S/C26H28N4O4/c1-33-22-11-9-20(17-23(22)34-2)26(32)30-14-6-13-29(15-16-30)24-12-10-21(18-27-24)28-25(31)19-7-4-3-5-8-19/h3-5,7-12,17-18H,6,13-16H2,1-2H3,(H,28,31). The third kappa shape index (κ3) is 5.28. The molecule has 1 aromatic heterocycles. The Labute approximate surface area is 199 Å². The zero-order chi connectivity index (χ0) is 23.9. The van der Waals surface area contributed by atoms with Crippen molar-refractivity contribution in [2.45, 2.75) is 6.42 Å². The van der Waals surface area contributed by atoms with Gasteiger partial charge in [0.2, 0.25) is 0 Å². The van der Waals surface area contributed by atoms with Crippen LogP contribution in [0.25, 0.3) is 0 Å². The van der Waals surface area contributed by atoms with Crippen LogP contribution in [0.1, 0.15) is 27.1 Å². The number of nitrogens with one attached hydrogen (secondary N) is 1. The number of benzene rings is 2. The van der Waals surface area contributed by atoms with Crippen molar-refractivity contribution in [2.24, 2.45) is 0 Å². The van der Waals surface area contributed by atoms with Crippen LogP contribution < -0.4 is 19.7 Å².